The molecule has 1 heterocycles. The van der Waals surface area contributed by atoms with Gasteiger partial charge in [0.25, 0.3) is 0 Å². The van der Waals surface area contributed by atoms with Gasteiger partial charge < -0.3 is 20.7 Å². The number of rotatable bonds is 4. The maximum atomic E-state index is 10.6. The highest BCUT2D eigenvalue weighted by Gasteiger charge is 2.28. The molecule has 0 bridgehead atoms. The lowest BCUT2D eigenvalue weighted by Crippen LogP contribution is -2.54. The zero-order valence-corrected chi connectivity index (χ0v) is 8.80. The number of carboxylic acids is 1. The molecule has 3 atom stereocenters. The minimum atomic E-state index is -1.01. The first-order chi connectivity index (χ1) is 7.04. The molecule has 1 aliphatic heterocycles. The highest BCUT2D eigenvalue weighted by atomic mass is 16.5. The normalized spacial score (nSPS) is 30.1. The number of carbonyl (C=O) groups is 1. The number of morpholine rings is 1. The van der Waals surface area contributed by atoms with E-state index in [1.807, 2.05) is 11.8 Å². The van der Waals surface area contributed by atoms with Crippen molar-refractivity contribution >= 4 is 5.97 Å². The zero-order chi connectivity index (χ0) is 11.4. The van der Waals surface area contributed by atoms with Crippen LogP contribution in [0.3, 0.4) is 0 Å². The van der Waals surface area contributed by atoms with E-state index in [0.717, 1.165) is 0 Å². The Hall–Kier alpha value is -0.690. The monoisotopic (exact) mass is 218 g/mol. The van der Waals surface area contributed by atoms with Crippen molar-refractivity contribution < 1.29 is 19.7 Å². The molecule has 0 aromatic heterocycles. The lowest BCUT2D eigenvalue weighted by atomic mass is 10.1. The maximum Gasteiger partial charge on any atom is 0.321 e. The van der Waals surface area contributed by atoms with E-state index < -0.39 is 12.0 Å². The molecule has 1 rings (SSSR count). The third-order valence-corrected chi connectivity index (χ3v) is 2.59. The SMILES string of the molecule is CC1COC(CO)CN1CC(N)C(=O)O. The molecule has 0 amide bonds. The van der Waals surface area contributed by atoms with E-state index in [-0.39, 0.29) is 25.3 Å². The Kier molecular flexibility index (Phi) is 4.46. The third-order valence-electron chi connectivity index (χ3n) is 2.59. The summed E-state index contributed by atoms with van der Waals surface area (Å²) in [5.41, 5.74) is 5.45. The van der Waals surface area contributed by atoms with Crippen molar-refractivity contribution in [2.24, 2.45) is 5.73 Å². The molecule has 0 saturated carbocycles. The van der Waals surface area contributed by atoms with Crippen molar-refractivity contribution in [1.29, 1.82) is 0 Å². The Morgan fingerprint density at radius 1 is 1.73 bits per heavy atom. The molecule has 6 nitrogen and oxygen atoms in total. The molecule has 1 saturated heterocycles. The number of aliphatic carboxylic acids is 1. The van der Waals surface area contributed by atoms with Crippen molar-refractivity contribution in [2.45, 2.75) is 25.1 Å². The molecule has 1 fully saturated rings. The van der Waals surface area contributed by atoms with Crippen LogP contribution in [-0.2, 0) is 9.53 Å². The molecule has 6 heteroatoms. The summed E-state index contributed by atoms with van der Waals surface area (Å²) < 4.78 is 5.33. The molecule has 1 aliphatic rings. The fourth-order valence-corrected chi connectivity index (χ4v) is 1.57. The van der Waals surface area contributed by atoms with Crippen LogP contribution in [0, 0.1) is 0 Å². The first kappa shape index (κ1) is 12.4. The van der Waals surface area contributed by atoms with Gasteiger partial charge in [-0.15, -0.1) is 0 Å². The molecular formula is C9H18N2O4. The summed E-state index contributed by atoms with van der Waals surface area (Å²) in [5.74, 6) is -1.01. The van der Waals surface area contributed by atoms with Gasteiger partial charge in [-0.05, 0) is 6.92 Å². The highest BCUT2D eigenvalue weighted by molar-refractivity contribution is 5.73. The Morgan fingerprint density at radius 2 is 2.40 bits per heavy atom. The molecule has 88 valence electrons. The van der Waals surface area contributed by atoms with E-state index in [1.54, 1.807) is 0 Å². The number of hydrogen-bond donors (Lipinski definition) is 3. The number of ether oxygens (including phenoxy) is 1. The molecule has 0 aliphatic carbocycles. The summed E-state index contributed by atoms with van der Waals surface area (Å²) >= 11 is 0. The molecule has 0 radical (unpaired) electrons. The molecular weight excluding hydrogens is 200 g/mol. The van der Waals surface area contributed by atoms with Crippen LogP contribution in [0.4, 0.5) is 0 Å². The number of aliphatic hydroxyl groups is 1. The minimum Gasteiger partial charge on any atom is -0.480 e. The van der Waals surface area contributed by atoms with Crippen LogP contribution in [-0.4, -0.2) is 65.6 Å². The van der Waals surface area contributed by atoms with E-state index in [2.05, 4.69) is 0 Å². The molecule has 15 heavy (non-hydrogen) atoms. The number of nitrogens with two attached hydrogens (primary N) is 1. The van der Waals surface area contributed by atoms with Gasteiger partial charge in [-0.2, -0.15) is 0 Å². The summed E-state index contributed by atoms with van der Waals surface area (Å²) in [6.45, 7) is 3.21. The summed E-state index contributed by atoms with van der Waals surface area (Å²) in [6, 6.07) is -0.747. The number of carboxylic acid groups (broad SMARTS) is 1. The molecule has 0 aromatic carbocycles. The summed E-state index contributed by atoms with van der Waals surface area (Å²) in [7, 11) is 0. The van der Waals surface area contributed by atoms with Crippen molar-refractivity contribution in [3.63, 3.8) is 0 Å². The quantitative estimate of drug-likeness (QED) is 0.530. The summed E-state index contributed by atoms with van der Waals surface area (Å²) in [6.07, 6.45) is -0.234. The topological polar surface area (TPSA) is 96.0 Å². The second-order valence-electron chi connectivity index (χ2n) is 3.89. The largest absolute Gasteiger partial charge is 0.480 e. The lowest BCUT2D eigenvalue weighted by Gasteiger charge is -2.38. The predicted octanol–water partition coefficient (Wildman–Crippen LogP) is -1.52. The van der Waals surface area contributed by atoms with E-state index in [0.29, 0.717) is 13.2 Å². The van der Waals surface area contributed by atoms with Gasteiger partial charge in [-0.3, -0.25) is 9.69 Å². The van der Waals surface area contributed by atoms with Gasteiger partial charge in [0.1, 0.15) is 6.04 Å². The molecule has 0 aromatic rings. The standard InChI is InChI=1S/C9H18N2O4/c1-6-5-15-7(4-12)2-11(6)3-8(10)9(13)14/h6-8,12H,2-5,10H2,1H3,(H,13,14). The Morgan fingerprint density at radius 3 is 2.93 bits per heavy atom. The van der Waals surface area contributed by atoms with E-state index in [9.17, 15) is 4.79 Å². The van der Waals surface area contributed by atoms with Gasteiger partial charge >= 0.3 is 5.97 Å². The zero-order valence-electron chi connectivity index (χ0n) is 8.80. The first-order valence-electron chi connectivity index (χ1n) is 4.99. The van der Waals surface area contributed by atoms with Gasteiger partial charge in [0.15, 0.2) is 0 Å². The van der Waals surface area contributed by atoms with E-state index in [4.69, 9.17) is 20.7 Å². The number of aliphatic hydroxyl groups excluding tert-OH is 1. The van der Waals surface area contributed by atoms with Crippen LogP contribution < -0.4 is 5.73 Å². The van der Waals surface area contributed by atoms with Crippen LogP contribution in [0.1, 0.15) is 6.92 Å². The summed E-state index contributed by atoms with van der Waals surface area (Å²) in [4.78, 5) is 12.5. The summed E-state index contributed by atoms with van der Waals surface area (Å²) in [5, 5.41) is 17.6. The fraction of sp³-hybridized carbons (Fsp3) is 0.889. The number of hydrogen-bond acceptors (Lipinski definition) is 5. The van der Waals surface area contributed by atoms with Gasteiger partial charge in [-0.25, -0.2) is 0 Å². The Balaban J connectivity index is 2.47. The van der Waals surface area contributed by atoms with Gasteiger partial charge in [0, 0.05) is 19.1 Å². The van der Waals surface area contributed by atoms with Crippen molar-refractivity contribution in [3.8, 4) is 0 Å². The van der Waals surface area contributed by atoms with Crippen LogP contribution in [0.2, 0.25) is 0 Å². The first-order valence-corrected chi connectivity index (χ1v) is 4.99. The van der Waals surface area contributed by atoms with Crippen molar-refractivity contribution in [1.82, 2.24) is 4.90 Å². The fourth-order valence-electron chi connectivity index (χ4n) is 1.57. The molecule has 0 spiro atoms. The van der Waals surface area contributed by atoms with E-state index in [1.165, 1.54) is 0 Å². The molecule has 3 unspecified atom stereocenters. The van der Waals surface area contributed by atoms with Gasteiger partial charge in [0.05, 0.1) is 19.3 Å². The van der Waals surface area contributed by atoms with E-state index >= 15 is 0 Å². The van der Waals surface area contributed by atoms with Crippen LogP contribution in [0.25, 0.3) is 0 Å². The Labute approximate surface area is 88.6 Å². The number of nitrogens with zero attached hydrogens (tertiary/aromatic N) is 1. The average Bonchev–Trinajstić information content (AvgIpc) is 2.21. The van der Waals surface area contributed by atoms with Crippen LogP contribution >= 0.6 is 0 Å². The predicted molar refractivity (Wildman–Crippen MR) is 53.5 cm³/mol. The van der Waals surface area contributed by atoms with Gasteiger partial charge in [0.2, 0.25) is 0 Å². The second kappa shape index (κ2) is 5.41. The smallest absolute Gasteiger partial charge is 0.321 e. The van der Waals surface area contributed by atoms with Crippen molar-refractivity contribution in [3.05, 3.63) is 0 Å². The lowest BCUT2D eigenvalue weighted by molar-refractivity contribution is -0.140. The second-order valence-corrected chi connectivity index (χ2v) is 3.89. The average molecular weight is 218 g/mol. The highest BCUT2D eigenvalue weighted by Crippen LogP contribution is 2.11. The third kappa shape index (κ3) is 3.42. The minimum absolute atomic E-state index is 0.0501. The maximum absolute atomic E-state index is 10.6. The Bertz CT molecular complexity index is 224. The van der Waals surface area contributed by atoms with Crippen molar-refractivity contribution in [2.75, 3.05) is 26.3 Å². The molecule has 4 N–H and O–H groups in total. The van der Waals surface area contributed by atoms with Crippen LogP contribution in [0.5, 0.6) is 0 Å². The van der Waals surface area contributed by atoms with Gasteiger partial charge in [-0.1, -0.05) is 0 Å². The van der Waals surface area contributed by atoms with Crippen LogP contribution in [0.15, 0.2) is 0 Å².